The van der Waals surface area contributed by atoms with Crippen molar-refractivity contribution in [1.29, 1.82) is 0 Å². The lowest BCUT2D eigenvalue weighted by Crippen LogP contribution is -2.27. The molecule has 2 aromatic carbocycles. The van der Waals surface area contributed by atoms with Gasteiger partial charge in [-0.3, -0.25) is 4.79 Å². The highest BCUT2D eigenvalue weighted by atomic mass is 32.2. The third-order valence-corrected chi connectivity index (χ3v) is 4.53. The van der Waals surface area contributed by atoms with Gasteiger partial charge in [0.25, 0.3) is 5.22 Å². The maximum Gasteiger partial charge on any atom is 0.257 e. The summed E-state index contributed by atoms with van der Waals surface area (Å²) in [6.45, 7) is 1.83. The number of hydrogen-bond acceptors (Lipinski definition) is 4. The van der Waals surface area contributed by atoms with Crippen molar-refractivity contribution < 1.29 is 9.21 Å². The number of nitrogens with zero attached hydrogens (tertiary/aromatic N) is 1. The van der Waals surface area contributed by atoms with Crippen molar-refractivity contribution in [2.45, 2.75) is 17.4 Å². The summed E-state index contributed by atoms with van der Waals surface area (Å²) < 4.78 is 5.99. The topological polar surface area (TPSA) is 55.1 Å². The SMILES string of the molecule is CNC(=O)[C@@H](C)Sc1nc(-c2ccccc2)c(-c2ccccc2)o1. The molecule has 0 spiro atoms. The summed E-state index contributed by atoms with van der Waals surface area (Å²) in [6.07, 6.45) is 0. The maximum absolute atomic E-state index is 11.7. The van der Waals surface area contributed by atoms with Gasteiger partial charge >= 0.3 is 0 Å². The zero-order valence-electron chi connectivity index (χ0n) is 13.5. The molecule has 1 heterocycles. The molecular weight excluding hydrogens is 320 g/mol. The van der Waals surface area contributed by atoms with Crippen molar-refractivity contribution >= 4 is 17.7 Å². The summed E-state index contributed by atoms with van der Waals surface area (Å²) in [5.41, 5.74) is 2.73. The maximum atomic E-state index is 11.7. The van der Waals surface area contributed by atoms with Gasteiger partial charge in [-0.05, 0) is 6.92 Å². The van der Waals surface area contributed by atoms with E-state index in [-0.39, 0.29) is 11.2 Å². The molecule has 0 aliphatic carbocycles. The van der Waals surface area contributed by atoms with E-state index in [1.807, 2.05) is 67.6 Å². The monoisotopic (exact) mass is 338 g/mol. The van der Waals surface area contributed by atoms with Crippen molar-refractivity contribution in [3.63, 3.8) is 0 Å². The Kier molecular flexibility index (Phi) is 5.01. The number of benzene rings is 2. The van der Waals surface area contributed by atoms with E-state index in [2.05, 4.69) is 10.3 Å². The molecule has 0 fully saturated rings. The Morgan fingerprint density at radius 1 is 1.04 bits per heavy atom. The molecule has 1 aromatic heterocycles. The van der Waals surface area contributed by atoms with Crippen LogP contribution in [-0.2, 0) is 4.79 Å². The first-order valence-electron chi connectivity index (χ1n) is 7.69. The first-order valence-corrected chi connectivity index (χ1v) is 8.57. The lowest BCUT2D eigenvalue weighted by atomic mass is 10.1. The number of aromatic nitrogens is 1. The standard InChI is InChI=1S/C19H18N2O2S/c1-13(18(22)20-2)24-19-21-16(14-9-5-3-6-10-14)17(23-19)15-11-7-4-8-12-15/h3-13H,1-2H3,(H,20,22)/t13-/m1/s1. The lowest BCUT2D eigenvalue weighted by molar-refractivity contribution is -0.119. The summed E-state index contributed by atoms with van der Waals surface area (Å²) in [5.74, 6) is 0.661. The Morgan fingerprint density at radius 3 is 2.21 bits per heavy atom. The Balaban J connectivity index is 2.02. The van der Waals surface area contributed by atoms with Crippen LogP contribution in [0.15, 0.2) is 70.3 Å². The van der Waals surface area contributed by atoms with Gasteiger partial charge in [0.15, 0.2) is 5.76 Å². The van der Waals surface area contributed by atoms with Crippen LogP contribution in [0.4, 0.5) is 0 Å². The van der Waals surface area contributed by atoms with E-state index >= 15 is 0 Å². The van der Waals surface area contributed by atoms with Crippen LogP contribution in [0.3, 0.4) is 0 Å². The molecule has 0 aliphatic heterocycles. The highest BCUT2D eigenvalue weighted by molar-refractivity contribution is 8.00. The summed E-state index contributed by atoms with van der Waals surface area (Å²) >= 11 is 1.31. The number of thioether (sulfide) groups is 1. The van der Waals surface area contributed by atoms with Crippen molar-refractivity contribution in [2.24, 2.45) is 0 Å². The first-order chi connectivity index (χ1) is 11.7. The van der Waals surface area contributed by atoms with Gasteiger partial charge in [0.1, 0.15) is 5.69 Å². The molecule has 1 N–H and O–H groups in total. The van der Waals surface area contributed by atoms with Gasteiger partial charge in [0, 0.05) is 18.2 Å². The van der Waals surface area contributed by atoms with Crippen LogP contribution >= 0.6 is 11.8 Å². The molecule has 5 heteroatoms. The number of oxazole rings is 1. The fourth-order valence-electron chi connectivity index (χ4n) is 2.34. The Bertz CT molecular complexity index is 759. The molecule has 0 saturated carbocycles. The Labute approximate surface area is 145 Å². The fraction of sp³-hybridized carbons (Fsp3) is 0.158. The average molecular weight is 338 g/mol. The second-order valence-corrected chi connectivity index (χ2v) is 6.56. The number of carbonyl (C=O) groups is 1. The van der Waals surface area contributed by atoms with Crippen LogP contribution in [0.2, 0.25) is 0 Å². The minimum atomic E-state index is -0.277. The summed E-state index contributed by atoms with van der Waals surface area (Å²) in [5, 5.41) is 2.85. The lowest BCUT2D eigenvalue weighted by Gasteiger charge is -2.05. The van der Waals surface area contributed by atoms with Gasteiger partial charge in [-0.15, -0.1) is 0 Å². The molecular formula is C19H18N2O2S. The van der Waals surface area contributed by atoms with Crippen LogP contribution in [0.25, 0.3) is 22.6 Å². The van der Waals surface area contributed by atoms with Gasteiger partial charge in [0.2, 0.25) is 5.91 Å². The van der Waals surface area contributed by atoms with E-state index in [4.69, 9.17) is 4.42 Å². The zero-order valence-corrected chi connectivity index (χ0v) is 14.3. The number of carbonyl (C=O) groups excluding carboxylic acids is 1. The van der Waals surface area contributed by atoms with Crippen LogP contribution in [0.1, 0.15) is 6.92 Å². The van der Waals surface area contributed by atoms with Gasteiger partial charge in [-0.2, -0.15) is 0 Å². The van der Waals surface area contributed by atoms with Crippen LogP contribution in [0.5, 0.6) is 0 Å². The molecule has 0 aliphatic rings. The minimum Gasteiger partial charge on any atom is -0.431 e. The van der Waals surface area contributed by atoms with Crippen molar-refractivity contribution in [3.05, 3.63) is 60.7 Å². The van der Waals surface area contributed by atoms with E-state index in [1.54, 1.807) is 7.05 Å². The van der Waals surface area contributed by atoms with Crippen molar-refractivity contribution in [1.82, 2.24) is 10.3 Å². The van der Waals surface area contributed by atoms with Gasteiger partial charge in [-0.1, -0.05) is 72.4 Å². The predicted molar refractivity (Wildman–Crippen MR) is 96.8 cm³/mol. The summed E-state index contributed by atoms with van der Waals surface area (Å²) in [4.78, 5) is 16.4. The van der Waals surface area contributed by atoms with Crippen molar-refractivity contribution in [3.8, 4) is 22.6 Å². The molecule has 0 unspecified atom stereocenters. The molecule has 0 radical (unpaired) electrons. The smallest absolute Gasteiger partial charge is 0.257 e. The number of amides is 1. The molecule has 4 nitrogen and oxygen atoms in total. The first kappa shape index (κ1) is 16.3. The zero-order chi connectivity index (χ0) is 16.9. The largest absolute Gasteiger partial charge is 0.431 e. The quantitative estimate of drug-likeness (QED) is 0.707. The molecule has 3 rings (SSSR count). The Hall–Kier alpha value is -2.53. The second kappa shape index (κ2) is 7.36. The highest BCUT2D eigenvalue weighted by Gasteiger charge is 2.21. The predicted octanol–water partition coefficient (Wildman–Crippen LogP) is 4.24. The fourth-order valence-corrected chi connectivity index (χ4v) is 3.14. The van der Waals surface area contributed by atoms with E-state index in [0.717, 1.165) is 16.8 Å². The van der Waals surface area contributed by atoms with Gasteiger partial charge in [-0.25, -0.2) is 4.98 Å². The number of nitrogens with one attached hydrogen (secondary N) is 1. The van der Waals surface area contributed by atoms with E-state index in [9.17, 15) is 4.79 Å². The molecule has 122 valence electrons. The van der Waals surface area contributed by atoms with E-state index in [1.165, 1.54) is 11.8 Å². The molecule has 0 bridgehead atoms. The third-order valence-electron chi connectivity index (χ3n) is 3.58. The third kappa shape index (κ3) is 3.51. The molecule has 3 aromatic rings. The molecule has 24 heavy (non-hydrogen) atoms. The second-order valence-electron chi connectivity index (χ2n) is 5.26. The molecule has 1 atom stereocenters. The van der Waals surface area contributed by atoms with Crippen molar-refractivity contribution in [2.75, 3.05) is 7.05 Å². The van der Waals surface area contributed by atoms with Gasteiger partial charge in [0.05, 0.1) is 5.25 Å². The molecule has 1 amide bonds. The van der Waals surface area contributed by atoms with Gasteiger partial charge < -0.3 is 9.73 Å². The van der Waals surface area contributed by atoms with Crippen LogP contribution < -0.4 is 5.32 Å². The average Bonchev–Trinajstić information content (AvgIpc) is 3.06. The molecule has 0 saturated heterocycles. The number of hydrogen-bond donors (Lipinski definition) is 1. The Morgan fingerprint density at radius 2 is 1.62 bits per heavy atom. The highest BCUT2D eigenvalue weighted by Crippen LogP contribution is 2.36. The van der Waals surface area contributed by atoms with E-state index < -0.39 is 0 Å². The van der Waals surface area contributed by atoms with E-state index in [0.29, 0.717) is 11.0 Å². The normalized spacial score (nSPS) is 11.9. The minimum absolute atomic E-state index is 0.0549. The summed E-state index contributed by atoms with van der Waals surface area (Å²) in [7, 11) is 1.62. The summed E-state index contributed by atoms with van der Waals surface area (Å²) in [6, 6.07) is 19.8. The van der Waals surface area contributed by atoms with Crippen LogP contribution in [0, 0.1) is 0 Å². The van der Waals surface area contributed by atoms with Crippen LogP contribution in [-0.4, -0.2) is 23.2 Å². The number of rotatable bonds is 5.